The van der Waals surface area contributed by atoms with E-state index >= 15 is 0 Å². The SMILES string of the molecule is O=C(NC1CCCCCC1)c1cccc2c1CCCN2. The van der Waals surface area contributed by atoms with Crippen molar-refractivity contribution in [2.75, 3.05) is 11.9 Å². The highest BCUT2D eigenvalue weighted by molar-refractivity contribution is 5.97. The summed E-state index contributed by atoms with van der Waals surface area (Å²) in [6.07, 6.45) is 9.53. The van der Waals surface area contributed by atoms with E-state index in [2.05, 4.69) is 16.7 Å². The molecule has 1 aliphatic carbocycles. The third-order valence-corrected chi connectivity index (χ3v) is 4.53. The Bertz CT molecular complexity index is 476. The molecule has 108 valence electrons. The summed E-state index contributed by atoms with van der Waals surface area (Å²) in [5.74, 6) is 0.123. The smallest absolute Gasteiger partial charge is 0.251 e. The number of hydrogen-bond donors (Lipinski definition) is 2. The fourth-order valence-electron chi connectivity index (χ4n) is 3.41. The third-order valence-electron chi connectivity index (χ3n) is 4.53. The van der Waals surface area contributed by atoms with Gasteiger partial charge in [0.2, 0.25) is 0 Å². The van der Waals surface area contributed by atoms with E-state index < -0.39 is 0 Å². The second-order valence-corrected chi connectivity index (χ2v) is 6.02. The number of carbonyl (C=O) groups excluding carboxylic acids is 1. The molecule has 1 heterocycles. The van der Waals surface area contributed by atoms with Crippen molar-refractivity contribution < 1.29 is 4.79 Å². The van der Waals surface area contributed by atoms with Gasteiger partial charge in [0.1, 0.15) is 0 Å². The average molecular weight is 272 g/mol. The first-order valence-corrected chi connectivity index (χ1v) is 8.01. The summed E-state index contributed by atoms with van der Waals surface area (Å²) in [7, 11) is 0. The van der Waals surface area contributed by atoms with Gasteiger partial charge >= 0.3 is 0 Å². The first-order chi connectivity index (χ1) is 9.84. The molecule has 3 rings (SSSR count). The second kappa shape index (κ2) is 6.29. The molecule has 3 heteroatoms. The lowest BCUT2D eigenvalue weighted by Crippen LogP contribution is -2.35. The van der Waals surface area contributed by atoms with Crippen molar-refractivity contribution in [1.82, 2.24) is 5.32 Å². The lowest BCUT2D eigenvalue weighted by Gasteiger charge is -2.22. The predicted octanol–water partition coefficient (Wildman–Crippen LogP) is 3.50. The lowest BCUT2D eigenvalue weighted by atomic mass is 9.96. The monoisotopic (exact) mass is 272 g/mol. The second-order valence-electron chi connectivity index (χ2n) is 6.02. The maximum absolute atomic E-state index is 12.6. The number of fused-ring (bicyclic) bond motifs is 1. The summed E-state index contributed by atoms with van der Waals surface area (Å²) in [4.78, 5) is 12.6. The Hall–Kier alpha value is -1.51. The predicted molar refractivity (Wildman–Crippen MR) is 82.2 cm³/mol. The van der Waals surface area contributed by atoms with Gasteiger partial charge in [0.15, 0.2) is 0 Å². The lowest BCUT2D eigenvalue weighted by molar-refractivity contribution is 0.0932. The number of benzene rings is 1. The summed E-state index contributed by atoms with van der Waals surface area (Å²) in [5.41, 5.74) is 3.22. The van der Waals surface area contributed by atoms with Gasteiger partial charge in [-0.05, 0) is 43.4 Å². The van der Waals surface area contributed by atoms with Crippen molar-refractivity contribution in [2.24, 2.45) is 0 Å². The van der Waals surface area contributed by atoms with Crippen molar-refractivity contribution in [3.8, 4) is 0 Å². The minimum absolute atomic E-state index is 0.123. The molecule has 2 N–H and O–H groups in total. The van der Waals surface area contributed by atoms with Crippen LogP contribution in [0.5, 0.6) is 0 Å². The Morgan fingerprint density at radius 3 is 2.70 bits per heavy atom. The Morgan fingerprint density at radius 1 is 1.10 bits per heavy atom. The Morgan fingerprint density at radius 2 is 1.90 bits per heavy atom. The minimum atomic E-state index is 0.123. The zero-order valence-electron chi connectivity index (χ0n) is 12.1. The number of rotatable bonds is 2. The molecule has 0 radical (unpaired) electrons. The van der Waals surface area contributed by atoms with E-state index in [0.717, 1.165) is 43.5 Å². The van der Waals surface area contributed by atoms with Crippen LogP contribution in [-0.4, -0.2) is 18.5 Å². The van der Waals surface area contributed by atoms with Gasteiger partial charge in [-0.1, -0.05) is 31.7 Å². The molecule has 1 fully saturated rings. The fourth-order valence-corrected chi connectivity index (χ4v) is 3.41. The maximum Gasteiger partial charge on any atom is 0.251 e. The highest BCUT2D eigenvalue weighted by Crippen LogP contribution is 2.26. The zero-order valence-corrected chi connectivity index (χ0v) is 12.1. The van der Waals surface area contributed by atoms with Gasteiger partial charge in [-0.25, -0.2) is 0 Å². The number of nitrogens with one attached hydrogen (secondary N) is 2. The van der Waals surface area contributed by atoms with Crippen molar-refractivity contribution in [3.63, 3.8) is 0 Å². The quantitative estimate of drug-likeness (QED) is 0.809. The topological polar surface area (TPSA) is 41.1 Å². The van der Waals surface area contributed by atoms with E-state index in [1.165, 1.54) is 31.2 Å². The molecule has 0 unspecified atom stereocenters. The first-order valence-electron chi connectivity index (χ1n) is 8.01. The first kappa shape index (κ1) is 13.5. The molecular formula is C17H24N2O. The average Bonchev–Trinajstić information content (AvgIpc) is 2.75. The van der Waals surface area contributed by atoms with E-state index in [0.29, 0.717) is 6.04 Å². The number of anilines is 1. The Kier molecular flexibility index (Phi) is 4.24. The molecule has 1 amide bonds. The summed E-state index contributed by atoms with van der Waals surface area (Å²) in [6, 6.07) is 6.41. The normalized spacial score (nSPS) is 19.6. The van der Waals surface area contributed by atoms with Crippen LogP contribution in [0.1, 0.15) is 60.9 Å². The Balaban J connectivity index is 1.73. The minimum Gasteiger partial charge on any atom is -0.385 e. The van der Waals surface area contributed by atoms with Crippen LogP contribution in [0.15, 0.2) is 18.2 Å². The van der Waals surface area contributed by atoms with E-state index in [4.69, 9.17) is 0 Å². The largest absolute Gasteiger partial charge is 0.385 e. The van der Waals surface area contributed by atoms with Crippen molar-refractivity contribution in [3.05, 3.63) is 29.3 Å². The van der Waals surface area contributed by atoms with Gasteiger partial charge in [-0.15, -0.1) is 0 Å². The molecule has 0 spiro atoms. The number of hydrogen-bond acceptors (Lipinski definition) is 2. The van der Waals surface area contributed by atoms with Gasteiger partial charge in [-0.2, -0.15) is 0 Å². The van der Waals surface area contributed by atoms with Crippen molar-refractivity contribution in [2.45, 2.75) is 57.4 Å². The van der Waals surface area contributed by atoms with Gasteiger partial charge in [-0.3, -0.25) is 4.79 Å². The summed E-state index contributed by atoms with van der Waals surface area (Å²) >= 11 is 0. The molecule has 0 bridgehead atoms. The van der Waals surface area contributed by atoms with E-state index in [-0.39, 0.29) is 5.91 Å². The summed E-state index contributed by atoms with van der Waals surface area (Å²) < 4.78 is 0. The standard InChI is InChI=1S/C17H24N2O/c20-17(19-13-7-3-1-2-4-8-13)15-9-5-11-16-14(15)10-6-12-18-16/h5,9,11,13,18H,1-4,6-8,10,12H2,(H,19,20). The van der Waals surface area contributed by atoms with Gasteiger partial charge in [0, 0.05) is 23.8 Å². The molecule has 1 aromatic rings. The van der Waals surface area contributed by atoms with Crippen LogP contribution in [0.25, 0.3) is 0 Å². The number of carbonyl (C=O) groups is 1. The molecule has 0 saturated heterocycles. The zero-order chi connectivity index (χ0) is 13.8. The highest BCUT2D eigenvalue weighted by Gasteiger charge is 2.20. The van der Waals surface area contributed by atoms with Gasteiger partial charge in [0.25, 0.3) is 5.91 Å². The van der Waals surface area contributed by atoms with Crippen LogP contribution in [0, 0.1) is 0 Å². The Labute approximate surface area is 121 Å². The van der Waals surface area contributed by atoms with Crippen LogP contribution in [0.4, 0.5) is 5.69 Å². The van der Waals surface area contributed by atoms with Crippen LogP contribution in [0.2, 0.25) is 0 Å². The number of amides is 1. The van der Waals surface area contributed by atoms with Crippen molar-refractivity contribution in [1.29, 1.82) is 0 Å². The van der Waals surface area contributed by atoms with Crippen LogP contribution >= 0.6 is 0 Å². The molecule has 0 aromatic heterocycles. The molecule has 1 saturated carbocycles. The van der Waals surface area contributed by atoms with Crippen LogP contribution < -0.4 is 10.6 Å². The molecule has 3 nitrogen and oxygen atoms in total. The molecular weight excluding hydrogens is 248 g/mol. The van der Waals surface area contributed by atoms with Crippen LogP contribution in [-0.2, 0) is 6.42 Å². The third kappa shape index (κ3) is 2.97. The summed E-state index contributed by atoms with van der Waals surface area (Å²) in [6.45, 7) is 1.01. The van der Waals surface area contributed by atoms with E-state index in [1.54, 1.807) is 0 Å². The van der Waals surface area contributed by atoms with Gasteiger partial charge in [0.05, 0.1) is 0 Å². The van der Waals surface area contributed by atoms with E-state index in [9.17, 15) is 4.79 Å². The summed E-state index contributed by atoms with van der Waals surface area (Å²) in [5, 5.41) is 6.65. The fraction of sp³-hybridized carbons (Fsp3) is 0.588. The maximum atomic E-state index is 12.6. The van der Waals surface area contributed by atoms with Crippen molar-refractivity contribution >= 4 is 11.6 Å². The molecule has 1 aromatic carbocycles. The highest BCUT2D eigenvalue weighted by atomic mass is 16.1. The molecule has 0 atom stereocenters. The molecule has 1 aliphatic heterocycles. The van der Waals surface area contributed by atoms with Crippen LogP contribution in [0.3, 0.4) is 0 Å². The van der Waals surface area contributed by atoms with Gasteiger partial charge < -0.3 is 10.6 Å². The molecule has 2 aliphatic rings. The van der Waals surface area contributed by atoms with E-state index in [1.807, 2.05) is 12.1 Å². The molecule has 20 heavy (non-hydrogen) atoms.